The van der Waals surface area contributed by atoms with Crippen LogP contribution in [0.2, 0.25) is 0 Å². The molecule has 4 aromatic carbocycles. The molecule has 0 unspecified atom stereocenters. The predicted octanol–water partition coefficient (Wildman–Crippen LogP) is 13.9. The number of aromatic nitrogens is 4. The molecule has 0 amide bonds. The molecule has 0 atom stereocenters. The van der Waals surface area contributed by atoms with E-state index in [2.05, 4.69) is 132 Å². The first-order chi connectivity index (χ1) is 25.6. The maximum absolute atomic E-state index is 3.76. The van der Waals surface area contributed by atoms with Gasteiger partial charge in [-0.2, -0.15) is 0 Å². The van der Waals surface area contributed by atoms with Crippen LogP contribution in [0.3, 0.4) is 0 Å². The minimum atomic E-state index is 1.15. The molecule has 4 nitrogen and oxygen atoms in total. The molecule has 0 saturated carbocycles. The SMILES string of the molecule is CCCCCCCCc1ccc(-c2cc3c(ccc4c3ccc3c5ccc6[nH]c(-c7ccc(CCCCCCCC)n7C)cc6c5ccc43)[nH]2)n1C. The molecule has 4 aromatic heterocycles. The molecule has 0 saturated heterocycles. The van der Waals surface area contributed by atoms with Crippen molar-refractivity contribution in [2.75, 3.05) is 0 Å². The van der Waals surface area contributed by atoms with Gasteiger partial charge in [0.05, 0.1) is 22.8 Å². The Morgan fingerprint density at radius 1 is 0.385 bits per heavy atom. The first-order valence-corrected chi connectivity index (χ1v) is 20.3. The van der Waals surface area contributed by atoms with Gasteiger partial charge < -0.3 is 19.1 Å². The van der Waals surface area contributed by atoms with E-state index in [1.54, 1.807) is 0 Å². The highest BCUT2D eigenvalue weighted by atomic mass is 15.0. The average Bonchev–Trinajstić information content (AvgIpc) is 3.96. The summed E-state index contributed by atoms with van der Waals surface area (Å²) in [5.41, 5.74) is 10.1. The van der Waals surface area contributed by atoms with E-state index >= 15 is 0 Å². The van der Waals surface area contributed by atoms with E-state index in [1.165, 1.54) is 165 Å². The van der Waals surface area contributed by atoms with Crippen LogP contribution in [-0.4, -0.2) is 19.1 Å². The molecule has 52 heavy (non-hydrogen) atoms. The topological polar surface area (TPSA) is 41.4 Å². The van der Waals surface area contributed by atoms with Gasteiger partial charge in [-0.25, -0.2) is 0 Å². The molecular weight excluding hydrogens is 633 g/mol. The van der Waals surface area contributed by atoms with Crippen LogP contribution in [0.1, 0.15) is 102 Å². The van der Waals surface area contributed by atoms with Gasteiger partial charge >= 0.3 is 0 Å². The lowest BCUT2D eigenvalue weighted by atomic mass is 9.94. The number of nitrogens with zero attached hydrogens (tertiary/aromatic N) is 2. The van der Waals surface area contributed by atoms with Gasteiger partial charge in [0, 0.05) is 47.3 Å². The van der Waals surface area contributed by atoms with E-state index in [0.717, 1.165) is 12.8 Å². The molecule has 268 valence electrons. The molecule has 8 aromatic rings. The second-order valence-electron chi connectivity index (χ2n) is 15.4. The molecular formula is C48H56N4. The van der Waals surface area contributed by atoms with Crippen molar-refractivity contribution in [1.82, 2.24) is 19.1 Å². The van der Waals surface area contributed by atoms with Crippen LogP contribution >= 0.6 is 0 Å². The first kappa shape index (κ1) is 34.4. The Morgan fingerprint density at radius 3 is 1.13 bits per heavy atom. The lowest BCUT2D eigenvalue weighted by molar-refractivity contribution is 0.600. The monoisotopic (exact) mass is 688 g/mol. The summed E-state index contributed by atoms with van der Waals surface area (Å²) in [6, 6.07) is 32.5. The second-order valence-corrected chi connectivity index (χ2v) is 15.4. The zero-order valence-electron chi connectivity index (χ0n) is 31.9. The van der Waals surface area contributed by atoms with Gasteiger partial charge in [-0.3, -0.25) is 0 Å². The van der Waals surface area contributed by atoms with Gasteiger partial charge in [0.25, 0.3) is 0 Å². The van der Waals surface area contributed by atoms with Crippen molar-refractivity contribution in [1.29, 1.82) is 0 Å². The van der Waals surface area contributed by atoms with Gasteiger partial charge in [-0.05, 0) is 107 Å². The minimum absolute atomic E-state index is 1.15. The third-order valence-corrected chi connectivity index (χ3v) is 12.0. The maximum Gasteiger partial charge on any atom is 0.0645 e. The number of benzene rings is 4. The minimum Gasteiger partial charge on any atom is -0.353 e. The maximum atomic E-state index is 3.76. The Balaban J connectivity index is 1.07. The number of hydrogen-bond acceptors (Lipinski definition) is 0. The first-order valence-electron chi connectivity index (χ1n) is 20.3. The van der Waals surface area contributed by atoms with E-state index in [4.69, 9.17) is 0 Å². The largest absolute Gasteiger partial charge is 0.353 e. The summed E-state index contributed by atoms with van der Waals surface area (Å²) in [5, 5.41) is 10.4. The van der Waals surface area contributed by atoms with Crippen molar-refractivity contribution in [3.63, 3.8) is 0 Å². The molecule has 4 heteroatoms. The summed E-state index contributed by atoms with van der Waals surface area (Å²) in [6.07, 6.45) is 18.3. The molecule has 0 spiro atoms. The number of H-pyrrole nitrogens is 2. The number of nitrogens with one attached hydrogen (secondary N) is 2. The van der Waals surface area contributed by atoms with E-state index in [-0.39, 0.29) is 0 Å². The third-order valence-electron chi connectivity index (χ3n) is 12.0. The highest BCUT2D eigenvalue weighted by Crippen LogP contribution is 2.39. The van der Waals surface area contributed by atoms with Crippen LogP contribution in [-0.2, 0) is 26.9 Å². The zero-order chi connectivity index (χ0) is 35.6. The quantitative estimate of drug-likeness (QED) is 0.0749. The Labute approximate surface area is 309 Å². The molecule has 0 radical (unpaired) electrons. The van der Waals surface area contributed by atoms with Crippen LogP contribution in [0, 0.1) is 0 Å². The van der Waals surface area contributed by atoms with E-state index in [0.29, 0.717) is 0 Å². The summed E-state index contributed by atoms with van der Waals surface area (Å²) < 4.78 is 4.78. The summed E-state index contributed by atoms with van der Waals surface area (Å²) in [4.78, 5) is 7.52. The van der Waals surface area contributed by atoms with Crippen molar-refractivity contribution in [2.24, 2.45) is 14.1 Å². The Morgan fingerprint density at radius 2 is 0.731 bits per heavy atom. The predicted molar refractivity (Wildman–Crippen MR) is 226 cm³/mol. The van der Waals surface area contributed by atoms with Crippen LogP contribution < -0.4 is 0 Å². The van der Waals surface area contributed by atoms with Crippen molar-refractivity contribution >= 4 is 54.1 Å². The summed E-state index contributed by atoms with van der Waals surface area (Å²) in [7, 11) is 4.45. The molecule has 0 aliphatic rings. The van der Waals surface area contributed by atoms with Crippen LogP contribution in [0.5, 0.6) is 0 Å². The summed E-state index contributed by atoms with van der Waals surface area (Å²) >= 11 is 0. The molecule has 0 bridgehead atoms. The Bertz CT molecular complexity index is 2300. The third kappa shape index (κ3) is 6.46. The summed E-state index contributed by atoms with van der Waals surface area (Å²) in [5.74, 6) is 0. The van der Waals surface area contributed by atoms with E-state index < -0.39 is 0 Å². The Kier molecular flexibility index (Phi) is 9.99. The van der Waals surface area contributed by atoms with E-state index in [9.17, 15) is 0 Å². The fourth-order valence-electron chi connectivity index (χ4n) is 8.86. The highest BCUT2D eigenvalue weighted by molar-refractivity contribution is 6.25. The van der Waals surface area contributed by atoms with Gasteiger partial charge in [0.1, 0.15) is 0 Å². The van der Waals surface area contributed by atoms with Crippen LogP contribution in [0.4, 0.5) is 0 Å². The van der Waals surface area contributed by atoms with Crippen molar-refractivity contribution in [3.05, 3.63) is 96.3 Å². The number of rotatable bonds is 16. The average molecular weight is 689 g/mol. The normalized spacial score (nSPS) is 12.2. The number of fused-ring (bicyclic) bond motifs is 9. The molecule has 8 rings (SSSR count). The number of unbranched alkanes of at least 4 members (excludes halogenated alkanes) is 10. The van der Waals surface area contributed by atoms with Gasteiger partial charge in [-0.1, -0.05) is 114 Å². The standard InChI is InChI=1S/C48H56N4/c1-5-7-9-11-13-15-17-33-19-29-47(51(33)3)45-31-41-39-23-21-36-35(37(39)25-27-43(41)49-45)22-24-40-38(36)26-28-44-42(40)32-46(50-44)48-30-20-34(52(48)4)18-16-14-12-10-8-6-2/h19-32,49-50H,5-18H2,1-4H3. The number of hydrogen-bond donors (Lipinski definition) is 2. The van der Waals surface area contributed by atoms with Crippen LogP contribution in [0.15, 0.2) is 84.9 Å². The highest BCUT2D eigenvalue weighted by Gasteiger charge is 2.16. The molecule has 0 aliphatic heterocycles. The van der Waals surface area contributed by atoms with E-state index in [1.807, 2.05) is 0 Å². The van der Waals surface area contributed by atoms with Crippen LogP contribution in [0.25, 0.3) is 76.9 Å². The fourth-order valence-corrected chi connectivity index (χ4v) is 8.86. The number of aromatic amines is 2. The van der Waals surface area contributed by atoms with Gasteiger partial charge in [0.15, 0.2) is 0 Å². The zero-order valence-corrected chi connectivity index (χ0v) is 31.9. The lowest BCUT2D eigenvalue weighted by Crippen LogP contribution is -1.98. The van der Waals surface area contributed by atoms with Gasteiger partial charge in [-0.15, -0.1) is 0 Å². The molecule has 0 fully saturated rings. The van der Waals surface area contributed by atoms with Gasteiger partial charge in [0.2, 0.25) is 0 Å². The fraction of sp³-hybridized carbons (Fsp3) is 0.375. The smallest absolute Gasteiger partial charge is 0.0645 e. The second kappa shape index (κ2) is 15.1. The molecule has 4 heterocycles. The summed E-state index contributed by atoms with van der Waals surface area (Å²) in [6.45, 7) is 4.57. The molecule has 0 aliphatic carbocycles. The molecule has 2 N–H and O–H groups in total. The van der Waals surface area contributed by atoms with Crippen molar-refractivity contribution in [3.8, 4) is 22.8 Å². The lowest BCUT2D eigenvalue weighted by Gasteiger charge is -2.09. The number of aryl methyl sites for hydroxylation is 2. The Hall–Kier alpha value is -4.70. The van der Waals surface area contributed by atoms with Crippen molar-refractivity contribution in [2.45, 2.75) is 104 Å². The van der Waals surface area contributed by atoms with Crippen molar-refractivity contribution < 1.29 is 0 Å².